The van der Waals surface area contributed by atoms with Crippen LogP contribution in [0.3, 0.4) is 0 Å². The summed E-state index contributed by atoms with van der Waals surface area (Å²) in [6.07, 6.45) is -1.40. The van der Waals surface area contributed by atoms with Gasteiger partial charge in [0.25, 0.3) is 11.7 Å². The molecule has 0 fully saturated rings. The van der Waals surface area contributed by atoms with E-state index in [0.29, 0.717) is 17.6 Å². The van der Waals surface area contributed by atoms with Crippen LogP contribution in [-0.2, 0) is 9.53 Å². The Kier molecular flexibility index (Phi) is 6.22. The van der Waals surface area contributed by atoms with Crippen molar-refractivity contribution < 1.29 is 27.5 Å². The number of ether oxygens (including phenoxy) is 1. The molecule has 1 unspecified atom stereocenters. The van der Waals surface area contributed by atoms with Crippen molar-refractivity contribution in [3.63, 3.8) is 0 Å². The number of para-hydroxylation sites is 1. The maximum absolute atomic E-state index is 13.8. The first-order chi connectivity index (χ1) is 15.8. The van der Waals surface area contributed by atoms with Crippen molar-refractivity contribution in [3.8, 4) is 16.4 Å². The minimum atomic E-state index is -1.73. The number of hydrogen-bond acceptors (Lipinski definition) is 6. The van der Waals surface area contributed by atoms with Gasteiger partial charge in [-0.2, -0.15) is 4.98 Å². The van der Waals surface area contributed by atoms with E-state index in [-0.39, 0.29) is 5.82 Å². The number of rotatable bonds is 6. The second-order valence-electron chi connectivity index (χ2n) is 6.74. The molecule has 1 N–H and O–H groups in total. The summed E-state index contributed by atoms with van der Waals surface area (Å²) < 4.78 is 46.8. The zero-order chi connectivity index (χ0) is 23.5. The van der Waals surface area contributed by atoms with Gasteiger partial charge in [0.05, 0.1) is 16.3 Å². The molecular weight excluding hydrogens is 457 g/mol. The van der Waals surface area contributed by atoms with Gasteiger partial charge in [-0.1, -0.05) is 24.3 Å². The molecule has 0 spiro atoms. The smallest absolute Gasteiger partial charge is 0.379 e. The molecule has 4 rings (SSSR count). The van der Waals surface area contributed by atoms with Gasteiger partial charge >= 0.3 is 5.97 Å². The Morgan fingerprint density at radius 1 is 1.03 bits per heavy atom. The molecule has 1 amide bonds. The third kappa shape index (κ3) is 4.62. The Bertz CT molecular complexity index is 1310. The van der Waals surface area contributed by atoms with Crippen LogP contribution in [-0.4, -0.2) is 32.7 Å². The number of nitrogens with zero attached hydrogens (tertiary/aromatic N) is 3. The minimum Gasteiger partial charge on any atom is -0.447 e. The predicted molar refractivity (Wildman–Crippen MR) is 114 cm³/mol. The summed E-state index contributed by atoms with van der Waals surface area (Å²) in [6, 6.07) is 14.2. The Hall–Kier alpha value is -3.99. The number of amides is 1. The van der Waals surface area contributed by atoms with Gasteiger partial charge < -0.3 is 10.1 Å². The molecule has 2 aromatic carbocycles. The van der Waals surface area contributed by atoms with E-state index < -0.39 is 41.1 Å². The molecule has 0 saturated heterocycles. The van der Waals surface area contributed by atoms with Gasteiger partial charge in [-0.05, 0) is 42.6 Å². The zero-order valence-corrected chi connectivity index (χ0v) is 17.8. The van der Waals surface area contributed by atoms with Gasteiger partial charge in [0.1, 0.15) is 0 Å². The van der Waals surface area contributed by atoms with Crippen molar-refractivity contribution in [1.29, 1.82) is 0 Å². The standard InChI is InChI=1S/C22H15F3N4O3S/c1-12(21(30)26-15-10-9-14(23)17(24)18(15)25)32-22(31)19-27-20(16-8-5-11-33-16)29(28-19)13-6-3-2-4-7-13/h2-12H,1H3,(H,26,30). The first kappa shape index (κ1) is 22.2. The lowest BCUT2D eigenvalue weighted by Crippen LogP contribution is -2.30. The molecular formula is C22H15F3N4O3S. The van der Waals surface area contributed by atoms with Gasteiger partial charge in [-0.3, -0.25) is 4.79 Å². The number of carbonyl (C=O) groups is 2. The maximum atomic E-state index is 13.8. The predicted octanol–water partition coefficient (Wildman–Crippen LogP) is 4.60. The fourth-order valence-corrected chi connectivity index (χ4v) is 3.54. The molecule has 2 aromatic heterocycles. The minimum absolute atomic E-state index is 0.291. The lowest BCUT2D eigenvalue weighted by molar-refractivity contribution is -0.123. The van der Waals surface area contributed by atoms with E-state index in [2.05, 4.69) is 15.4 Å². The van der Waals surface area contributed by atoms with E-state index in [1.807, 2.05) is 23.6 Å². The summed E-state index contributed by atoms with van der Waals surface area (Å²) in [5.74, 6) is -6.51. The molecule has 2 heterocycles. The first-order valence-corrected chi connectivity index (χ1v) is 10.4. The molecule has 0 radical (unpaired) electrons. The number of hydrogen-bond donors (Lipinski definition) is 1. The Morgan fingerprint density at radius 2 is 1.79 bits per heavy atom. The number of carbonyl (C=O) groups excluding carboxylic acids is 2. The summed E-state index contributed by atoms with van der Waals surface area (Å²) in [6.45, 7) is 1.24. The van der Waals surface area contributed by atoms with E-state index in [1.54, 1.807) is 24.3 Å². The second kappa shape index (κ2) is 9.25. The van der Waals surface area contributed by atoms with Crippen molar-refractivity contribution in [2.75, 3.05) is 5.32 Å². The number of benzene rings is 2. The number of aromatic nitrogens is 3. The van der Waals surface area contributed by atoms with Crippen molar-refractivity contribution in [2.45, 2.75) is 13.0 Å². The fraction of sp³-hybridized carbons (Fsp3) is 0.0909. The van der Waals surface area contributed by atoms with Gasteiger partial charge in [0.15, 0.2) is 29.4 Å². The molecule has 7 nitrogen and oxygen atoms in total. The fourth-order valence-electron chi connectivity index (χ4n) is 2.84. The van der Waals surface area contributed by atoms with Crippen LogP contribution < -0.4 is 5.32 Å². The van der Waals surface area contributed by atoms with Crippen LogP contribution in [0.2, 0.25) is 0 Å². The average Bonchev–Trinajstić information content (AvgIpc) is 3.50. The van der Waals surface area contributed by atoms with Gasteiger partial charge in [-0.25, -0.2) is 22.6 Å². The first-order valence-electron chi connectivity index (χ1n) is 9.57. The third-order valence-electron chi connectivity index (χ3n) is 4.48. The Morgan fingerprint density at radius 3 is 2.48 bits per heavy atom. The highest BCUT2D eigenvalue weighted by Gasteiger charge is 2.26. The summed E-state index contributed by atoms with van der Waals surface area (Å²) in [5.41, 5.74) is 0.0697. The molecule has 0 saturated carbocycles. The van der Waals surface area contributed by atoms with E-state index >= 15 is 0 Å². The molecule has 33 heavy (non-hydrogen) atoms. The maximum Gasteiger partial charge on any atom is 0.379 e. The van der Waals surface area contributed by atoms with Crippen LogP contribution in [0.15, 0.2) is 60.0 Å². The molecule has 0 aliphatic heterocycles. The normalized spacial score (nSPS) is 11.8. The summed E-state index contributed by atoms with van der Waals surface area (Å²) in [7, 11) is 0. The molecule has 0 aliphatic rings. The zero-order valence-electron chi connectivity index (χ0n) is 17.0. The number of anilines is 1. The van der Waals surface area contributed by atoms with Crippen molar-refractivity contribution in [2.24, 2.45) is 0 Å². The second-order valence-corrected chi connectivity index (χ2v) is 7.69. The molecule has 0 aliphatic carbocycles. The van der Waals surface area contributed by atoms with Crippen LogP contribution in [0.25, 0.3) is 16.4 Å². The van der Waals surface area contributed by atoms with E-state index in [4.69, 9.17) is 4.74 Å². The summed E-state index contributed by atoms with van der Waals surface area (Å²) in [5, 5.41) is 8.13. The number of nitrogens with one attached hydrogen (secondary N) is 1. The van der Waals surface area contributed by atoms with Crippen molar-refractivity contribution >= 4 is 28.9 Å². The highest BCUT2D eigenvalue weighted by molar-refractivity contribution is 7.13. The van der Waals surface area contributed by atoms with Gasteiger partial charge in [-0.15, -0.1) is 16.4 Å². The van der Waals surface area contributed by atoms with Crippen LogP contribution >= 0.6 is 11.3 Å². The Balaban J connectivity index is 1.54. The van der Waals surface area contributed by atoms with Crippen LogP contribution in [0.1, 0.15) is 17.5 Å². The summed E-state index contributed by atoms with van der Waals surface area (Å²) >= 11 is 1.40. The number of halogens is 3. The average molecular weight is 472 g/mol. The number of thiophene rings is 1. The molecule has 168 valence electrons. The number of esters is 1. The summed E-state index contributed by atoms with van der Waals surface area (Å²) in [4.78, 5) is 29.9. The quantitative estimate of drug-likeness (QED) is 0.328. The van der Waals surface area contributed by atoms with Crippen LogP contribution in [0.5, 0.6) is 0 Å². The highest BCUT2D eigenvalue weighted by Crippen LogP contribution is 2.26. The van der Waals surface area contributed by atoms with Crippen LogP contribution in [0, 0.1) is 17.5 Å². The highest BCUT2D eigenvalue weighted by atomic mass is 32.1. The lowest BCUT2D eigenvalue weighted by atomic mass is 10.2. The monoisotopic (exact) mass is 472 g/mol. The largest absolute Gasteiger partial charge is 0.447 e. The van der Waals surface area contributed by atoms with Crippen LogP contribution in [0.4, 0.5) is 18.9 Å². The van der Waals surface area contributed by atoms with Gasteiger partial charge in [0, 0.05) is 0 Å². The van der Waals surface area contributed by atoms with E-state index in [1.165, 1.54) is 22.9 Å². The SMILES string of the molecule is CC(OC(=O)c1nc(-c2cccs2)n(-c2ccccc2)n1)C(=O)Nc1ccc(F)c(F)c1F. The van der Waals surface area contributed by atoms with E-state index in [9.17, 15) is 22.8 Å². The Labute approximate surface area is 189 Å². The van der Waals surface area contributed by atoms with Gasteiger partial charge in [0.2, 0.25) is 0 Å². The molecule has 11 heteroatoms. The molecule has 4 aromatic rings. The third-order valence-corrected chi connectivity index (χ3v) is 5.34. The van der Waals surface area contributed by atoms with Crippen molar-refractivity contribution in [3.05, 3.63) is 83.3 Å². The molecule has 0 bridgehead atoms. The lowest BCUT2D eigenvalue weighted by Gasteiger charge is -2.13. The molecule has 1 atom stereocenters. The van der Waals surface area contributed by atoms with E-state index in [0.717, 1.165) is 10.9 Å². The topological polar surface area (TPSA) is 86.1 Å². The van der Waals surface area contributed by atoms with Crippen molar-refractivity contribution in [1.82, 2.24) is 14.8 Å².